The third kappa shape index (κ3) is 3.22. The molecule has 3 rings (SSSR count). The Bertz CT molecular complexity index is 854. The lowest BCUT2D eigenvalue weighted by atomic mass is 10.1. The molecule has 2 aromatic heterocycles. The molecule has 0 spiro atoms. The third-order valence-electron chi connectivity index (χ3n) is 3.80. The van der Waals surface area contributed by atoms with Crippen molar-refractivity contribution in [3.63, 3.8) is 0 Å². The topological polar surface area (TPSA) is 172 Å². The first-order chi connectivity index (χ1) is 12.3. The number of amides is 2. The number of aliphatic hydroxyl groups is 3. The van der Waals surface area contributed by atoms with E-state index in [0.29, 0.717) is 0 Å². The maximum absolute atomic E-state index is 11.4. The number of nitrogens with one attached hydrogen (secondary N) is 2. The number of aliphatic hydroxyl groups excluding tert-OH is 3. The van der Waals surface area contributed by atoms with Crippen molar-refractivity contribution in [3.8, 4) is 0 Å². The Morgan fingerprint density at radius 2 is 1.88 bits per heavy atom. The van der Waals surface area contributed by atoms with E-state index in [1.807, 2.05) is 0 Å². The van der Waals surface area contributed by atoms with E-state index >= 15 is 0 Å². The van der Waals surface area contributed by atoms with Gasteiger partial charge in [-0.15, -0.1) is 0 Å². The first-order valence-electron chi connectivity index (χ1n) is 7.74. The van der Waals surface area contributed by atoms with Crippen LogP contribution in [0.4, 0.5) is 11.8 Å². The molecule has 5 N–H and O–H groups in total. The van der Waals surface area contributed by atoms with Gasteiger partial charge in [0.15, 0.2) is 23.2 Å². The van der Waals surface area contributed by atoms with Crippen LogP contribution in [0.3, 0.4) is 0 Å². The van der Waals surface area contributed by atoms with Gasteiger partial charge in [0.25, 0.3) is 0 Å². The van der Waals surface area contributed by atoms with E-state index in [-0.39, 0.29) is 22.9 Å². The lowest BCUT2D eigenvalue weighted by molar-refractivity contribution is -0.115. The van der Waals surface area contributed by atoms with Gasteiger partial charge in [0, 0.05) is 13.8 Å². The van der Waals surface area contributed by atoms with Gasteiger partial charge in [-0.1, -0.05) is 0 Å². The zero-order valence-electron chi connectivity index (χ0n) is 13.9. The largest absolute Gasteiger partial charge is 0.394 e. The van der Waals surface area contributed by atoms with Gasteiger partial charge in [0.05, 0.1) is 12.9 Å². The number of fused-ring (bicyclic) bond motifs is 1. The number of carbonyl (C=O) groups excluding carboxylic acids is 2. The minimum absolute atomic E-state index is 0.0664. The summed E-state index contributed by atoms with van der Waals surface area (Å²) in [5, 5.41) is 34.3. The Hall–Kier alpha value is -2.67. The van der Waals surface area contributed by atoms with E-state index in [9.17, 15) is 24.9 Å². The highest BCUT2D eigenvalue weighted by Gasteiger charge is 2.44. The molecule has 1 aliphatic rings. The molecule has 2 amide bonds. The molecule has 140 valence electrons. The number of carbonyl (C=O) groups is 2. The van der Waals surface area contributed by atoms with Crippen molar-refractivity contribution < 1.29 is 29.6 Å². The smallest absolute Gasteiger partial charge is 0.233 e. The molecular weight excluding hydrogens is 348 g/mol. The van der Waals surface area contributed by atoms with Gasteiger partial charge < -0.3 is 25.4 Å². The fraction of sp³-hybridized carbons (Fsp3) is 0.500. The van der Waals surface area contributed by atoms with Gasteiger partial charge >= 0.3 is 0 Å². The molecule has 0 aromatic carbocycles. The molecule has 0 saturated carbocycles. The quantitative estimate of drug-likeness (QED) is 0.425. The van der Waals surface area contributed by atoms with Crippen molar-refractivity contribution in [2.45, 2.75) is 38.4 Å². The summed E-state index contributed by atoms with van der Waals surface area (Å²) in [6.45, 7) is 2.08. The maximum Gasteiger partial charge on any atom is 0.233 e. The molecule has 4 unspecified atom stereocenters. The summed E-state index contributed by atoms with van der Waals surface area (Å²) in [4.78, 5) is 35.1. The maximum atomic E-state index is 11.4. The second kappa shape index (κ2) is 6.92. The first-order valence-corrected chi connectivity index (χ1v) is 7.74. The Morgan fingerprint density at radius 3 is 2.46 bits per heavy atom. The third-order valence-corrected chi connectivity index (χ3v) is 3.80. The van der Waals surface area contributed by atoms with Gasteiger partial charge in [-0.05, 0) is 0 Å². The monoisotopic (exact) mass is 366 g/mol. The van der Waals surface area contributed by atoms with Crippen LogP contribution in [0.25, 0.3) is 11.2 Å². The van der Waals surface area contributed by atoms with Gasteiger partial charge in [-0.3, -0.25) is 19.5 Å². The van der Waals surface area contributed by atoms with E-state index < -0.39 is 43.0 Å². The molecule has 0 aliphatic carbocycles. The van der Waals surface area contributed by atoms with Crippen molar-refractivity contribution in [2.75, 3.05) is 17.2 Å². The van der Waals surface area contributed by atoms with Crippen LogP contribution in [0.1, 0.15) is 20.1 Å². The molecule has 12 nitrogen and oxygen atoms in total. The number of imidazole rings is 1. The average molecular weight is 366 g/mol. The van der Waals surface area contributed by atoms with Crippen LogP contribution in [0, 0.1) is 0 Å². The molecule has 0 bridgehead atoms. The van der Waals surface area contributed by atoms with Crippen LogP contribution in [-0.4, -0.2) is 71.6 Å². The van der Waals surface area contributed by atoms with Crippen molar-refractivity contribution >= 4 is 34.7 Å². The van der Waals surface area contributed by atoms with E-state index in [4.69, 9.17) is 4.74 Å². The summed E-state index contributed by atoms with van der Waals surface area (Å²) < 4.78 is 6.80. The van der Waals surface area contributed by atoms with E-state index in [1.54, 1.807) is 0 Å². The lowest BCUT2D eigenvalue weighted by Crippen LogP contribution is -2.33. The summed E-state index contributed by atoms with van der Waals surface area (Å²) in [7, 11) is 0. The van der Waals surface area contributed by atoms with Crippen LogP contribution in [0.5, 0.6) is 0 Å². The van der Waals surface area contributed by atoms with Crippen LogP contribution in [0.15, 0.2) is 6.33 Å². The Kier molecular flexibility index (Phi) is 4.82. The molecule has 3 heterocycles. The number of rotatable bonds is 4. The highest BCUT2D eigenvalue weighted by atomic mass is 16.6. The fourth-order valence-electron chi connectivity index (χ4n) is 2.68. The van der Waals surface area contributed by atoms with Crippen LogP contribution >= 0.6 is 0 Å². The lowest BCUT2D eigenvalue weighted by Gasteiger charge is -2.17. The normalized spacial score (nSPS) is 25.4. The minimum Gasteiger partial charge on any atom is -0.394 e. The van der Waals surface area contributed by atoms with E-state index in [1.165, 1.54) is 24.7 Å². The Balaban J connectivity index is 2.09. The summed E-state index contributed by atoms with van der Waals surface area (Å²) in [5.41, 5.74) is 0.356. The summed E-state index contributed by atoms with van der Waals surface area (Å²) in [6.07, 6.45) is -3.39. The molecule has 0 radical (unpaired) electrons. The zero-order valence-corrected chi connectivity index (χ0v) is 13.9. The summed E-state index contributed by atoms with van der Waals surface area (Å²) in [5.74, 6) is -0.836. The molecule has 1 aliphatic heterocycles. The standard InChI is InChI=1S/C14H18N6O6/c1-5(22)16-11-8-12(19-14(18-11)17-6(2)23)20(4-15-8)13-10(25)9(24)7(3-21)26-13/h4,7,9-10,13,21,24-25H,3H2,1-2H3,(H2,16,17,18,19,22,23). The zero-order chi connectivity index (χ0) is 19.0. The van der Waals surface area contributed by atoms with Crippen molar-refractivity contribution in [2.24, 2.45) is 0 Å². The van der Waals surface area contributed by atoms with E-state index in [2.05, 4.69) is 25.6 Å². The average Bonchev–Trinajstić information content (AvgIpc) is 3.09. The Morgan fingerprint density at radius 1 is 1.19 bits per heavy atom. The first kappa shape index (κ1) is 18.1. The number of nitrogens with zero attached hydrogens (tertiary/aromatic N) is 4. The number of hydrogen-bond acceptors (Lipinski definition) is 9. The predicted molar refractivity (Wildman–Crippen MR) is 86.9 cm³/mol. The predicted octanol–water partition coefficient (Wildman–Crippen LogP) is -1.65. The van der Waals surface area contributed by atoms with Gasteiger partial charge in [-0.2, -0.15) is 9.97 Å². The number of hydrogen-bond donors (Lipinski definition) is 5. The van der Waals surface area contributed by atoms with Crippen molar-refractivity contribution in [1.82, 2.24) is 19.5 Å². The molecular formula is C14H18N6O6. The molecule has 1 fully saturated rings. The minimum atomic E-state index is -1.34. The molecule has 4 atom stereocenters. The van der Waals surface area contributed by atoms with Gasteiger partial charge in [0.2, 0.25) is 17.8 Å². The fourth-order valence-corrected chi connectivity index (χ4v) is 2.68. The Labute approximate surface area is 146 Å². The number of anilines is 2. The van der Waals surface area contributed by atoms with Crippen LogP contribution in [-0.2, 0) is 14.3 Å². The SMILES string of the molecule is CC(=O)Nc1nc(NC(C)=O)c2ncn(C3OC(CO)C(O)C3O)c2n1. The molecule has 26 heavy (non-hydrogen) atoms. The second-order valence-corrected chi connectivity index (χ2v) is 5.81. The van der Waals surface area contributed by atoms with Crippen LogP contribution in [0.2, 0.25) is 0 Å². The number of ether oxygens (including phenoxy) is 1. The van der Waals surface area contributed by atoms with Crippen LogP contribution < -0.4 is 10.6 Å². The van der Waals surface area contributed by atoms with Gasteiger partial charge in [-0.25, -0.2) is 4.98 Å². The molecule has 12 heteroatoms. The summed E-state index contributed by atoms with van der Waals surface area (Å²) in [6, 6.07) is 0. The van der Waals surface area contributed by atoms with Crippen molar-refractivity contribution in [1.29, 1.82) is 0 Å². The second-order valence-electron chi connectivity index (χ2n) is 5.81. The number of aromatic nitrogens is 4. The highest BCUT2D eigenvalue weighted by Crippen LogP contribution is 2.32. The van der Waals surface area contributed by atoms with Crippen molar-refractivity contribution in [3.05, 3.63) is 6.33 Å². The molecule has 2 aromatic rings. The summed E-state index contributed by atoms with van der Waals surface area (Å²) >= 11 is 0. The molecule has 1 saturated heterocycles. The van der Waals surface area contributed by atoms with Gasteiger partial charge in [0.1, 0.15) is 18.3 Å². The highest BCUT2D eigenvalue weighted by molar-refractivity contribution is 5.97. The van der Waals surface area contributed by atoms with E-state index in [0.717, 1.165) is 0 Å².